The number of carbonyl (C=O) groups excluding carboxylic acids is 1. The Bertz CT molecular complexity index is 912. The van der Waals surface area contributed by atoms with Crippen LogP contribution in [-0.4, -0.2) is 29.8 Å². The van der Waals surface area contributed by atoms with E-state index in [0.717, 1.165) is 48.3 Å². The maximum atomic E-state index is 12.6. The van der Waals surface area contributed by atoms with Crippen molar-refractivity contribution in [3.8, 4) is 11.5 Å². The molecule has 2 N–H and O–H groups in total. The molecule has 1 aromatic carbocycles. The molecule has 0 spiro atoms. The molecule has 30 heavy (non-hydrogen) atoms. The molecule has 2 aromatic rings. The van der Waals surface area contributed by atoms with Crippen molar-refractivity contribution in [3.63, 3.8) is 0 Å². The average Bonchev–Trinajstić information content (AvgIpc) is 3.41. The van der Waals surface area contributed by atoms with E-state index in [4.69, 9.17) is 9.47 Å². The summed E-state index contributed by atoms with van der Waals surface area (Å²) in [5.41, 5.74) is 0.841. The van der Waals surface area contributed by atoms with E-state index in [0.29, 0.717) is 12.3 Å². The third-order valence-electron chi connectivity index (χ3n) is 6.16. The monoisotopic (exact) mass is 429 g/mol. The summed E-state index contributed by atoms with van der Waals surface area (Å²) in [7, 11) is 0. The maximum absolute atomic E-state index is 12.6. The number of hydrogen-bond donors (Lipinski definition) is 2. The third-order valence-corrected chi connectivity index (χ3v) is 7.66. The van der Waals surface area contributed by atoms with Crippen LogP contribution in [-0.2, 0) is 16.6 Å². The predicted octanol–water partition coefficient (Wildman–Crippen LogP) is 4.52. The van der Waals surface area contributed by atoms with Crippen LogP contribution >= 0.6 is 11.3 Å². The minimum Gasteiger partial charge on any atom is -0.483 e. The average molecular weight is 430 g/mol. The first kappa shape index (κ1) is 21.2. The van der Waals surface area contributed by atoms with Gasteiger partial charge in [-0.2, -0.15) is 0 Å². The second kappa shape index (κ2) is 8.23. The molecule has 1 aliphatic heterocycles. The van der Waals surface area contributed by atoms with Crippen LogP contribution in [0.25, 0.3) is 0 Å². The lowest BCUT2D eigenvalue weighted by Crippen LogP contribution is -2.40. The van der Waals surface area contributed by atoms with Crippen LogP contribution < -0.4 is 14.8 Å². The fraction of sp³-hybridized carbons (Fsp3) is 0.542. The molecule has 2 aliphatic rings. The van der Waals surface area contributed by atoms with Gasteiger partial charge < -0.3 is 19.9 Å². The number of aliphatic hydroxyl groups is 1. The van der Waals surface area contributed by atoms with Gasteiger partial charge >= 0.3 is 0 Å². The van der Waals surface area contributed by atoms with Crippen LogP contribution in [0.3, 0.4) is 0 Å². The van der Waals surface area contributed by atoms with Crippen LogP contribution in [0.1, 0.15) is 67.9 Å². The summed E-state index contributed by atoms with van der Waals surface area (Å²) in [6.07, 6.45) is 4.83. The molecule has 1 aliphatic carbocycles. The molecule has 1 aromatic heterocycles. The van der Waals surface area contributed by atoms with E-state index < -0.39 is 6.10 Å². The molecule has 0 bridgehead atoms. The van der Waals surface area contributed by atoms with Crippen molar-refractivity contribution in [2.75, 3.05) is 13.2 Å². The van der Waals surface area contributed by atoms with E-state index in [9.17, 15) is 9.90 Å². The zero-order valence-electron chi connectivity index (χ0n) is 18.0. The van der Waals surface area contributed by atoms with Crippen molar-refractivity contribution in [1.29, 1.82) is 0 Å². The van der Waals surface area contributed by atoms with Gasteiger partial charge in [0.05, 0.1) is 6.10 Å². The Morgan fingerprint density at radius 1 is 1.27 bits per heavy atom. The SMILES string of the molecule is CC(O)c1ccc(C2(CNC(=O)COc3cccc4c3OC(C)(C)C4)CCCC2)s1. The number of ether oxygens (including phenoxy) is 2. The number of fused-ring (bicyclic) bond motifs is 1. The van der Waals surface area contributed by atoms with Gasteiger partial charge in [0.15, 0.2) is 18.1 Å². The van der Waals surface area contributed by atoms with Crippen molar-refractivity contribution < 1.29 is 19.4 Å². The van der Waals surface area contributed by atoms with Crippen LogP contribution in [0.5, 0.6) is 11.5 Å². The number of benzene rings is 1. The van der Waals surface area contributed by atoms with Gasteiger partial charge in [0.2, 0.25) is 0 Å². The lowest BCUT2D eigenvalue weighted by atomic mass is 9.84. The molecular weight excluding hydrogens is 398 g/mol. The molecule has 6 heteroatoms. The molecular formula is C24H31NO4S. The van der Waals surface area contributed by atoms with Crippen LogP contribution in [0.15, 0.2) is 30.3 Å². The van der Waals surface area contributed by atoms with Gasteiger partial charge in [-0.1, -0.05) is 25.0 Å². The number of amides is 1. The molecule has 162 valence electrons. The Labute approximate surface area is 182 Å². The molecule has 5 nitrogen and oxygen atoms in total. The van der Waals surface area contributed by atoms with E-state index >= 15 is 0 Å². The summed E-state index contributed by atoms with van der Waals surface area (Å²) in [5, 5.41) is 13.0. The van der Waals surface area contributed by atoms with Crippen molar-refractivity contribution in [2.24, 2.45) is 0 Å². The number of aliphatic hydroxyl groups excluding tert-OH is 1. The number of para-hydroxylation sites is 1. The zero-order chi connectivity index (χ0) is 21.4. The molecule has 1 amide bonds. The lowest BCUT2D eigenvalue weighted by molar-refractivity contribution is -0.123. The van der Waals surface area contributed by atoms with E-state index in [2.05, 4.69) is 25.2 Å². The smallest absolute Gasteiger partial charge is 0.257 e. The Morgan fingerprint density at radius 3 is 2.73 bits per heavy atom. The number of thiophene rings is 1. The van der Waals surface area contributed by atoms with E-state index in [1.54, 1.807) is 18.3 Å². The fourth-order valence-electron chi connectivity index (χ4n) is 4.59. The number of nitrogens with one attached hydrogen (secondary N) is 1. The number of rotatable bonds is 7. The maximum Gasteiger partial charge on any atom is 0.257 e. The van der Waals surface area contributed by atoms with Gasteiger partial charge in [0.25, 0.3) is 5.91 Å². The molecule has 0 radical (unpaired) electrons. The summed E-state index contributed by atoms with van der Waals surface area (Å²) >= 11 is 1.66. The Balaban J connectivity index is 1.37. The summed E-state index contributed by atoms with van der Waals surface area (Å²) in [6, 6.07) is 9.97. The number of hydrogen-bond acceptors (Lipinski definition) is 5. The lowest BCUT2D eigenvalue weighted by Gasteiger charge is -2.28. The first-order chi connectivity index (χ1) is 14.3. The highest BCUT2D eigenvalue weighted by Crippen LogP contribution is 2.44. The molecule has 2 heterocycles. The van der Waals surface area contributed by atoms with Crippen LogP contribution in [0.2, 0.25) is 0 Å². The van der Waals surface area contributed by atoms with Gasteiger partial charge in [0.1, 0.15) is 5.60 Å². The summed E-state index contributed by atoms with van der Waals surface area (Å²) < 4.78 is 11.8. The van der Waals surface area contributed by atoms with Crippen LogP contribution in [0, 0.1) is 0 Å². The van der Waals surface area contributed by atoms with Crippen LogP contribution in [0.4, 0.5) is 0 Å². The topological polar surface area (TPSA) is 67.8 Å². The standard InChI is InChI=1S/C24H31NO4S/c1-16(26)19-9-10-20(30-19)24(11-4-5-12-24)15-25-21(27)14-28-18-8-6-7-17-13-23(2,3)29-22(17)18/h6-10,16,26H,4-5,11-15H2,1-3H3,(H,25,27). The highest BCUT2D eigenvalue weighted by molar-refractivity contribution is 7.12. The Morgan fingerprint density at radius 2 is 2.03 bits per heavy atom. The van der Waals surface area contributed by atoms with Gasteiger partial charge in [0, 0.05) is 33.7 Å². The van der Waals surface area contributed by atoms with Gasteiger partial charge in [-0.25, -0.2) is 0 Å². The third kappa shape index (κ3) is 4.35. The van der Waals surface area contributed by atoms with Gasteiger partial charge in [-0.05, 0) is 51.8 Å². The highest BCUT2D eigenvalue weighted by Gasteiger charge is 2.37. The highest BCUT2D eigenvalue weighted by atomic mass is 32.1. The zero-order valence-corrected chi connectivity index (χ0v) is 18.8. The molecule has 1 unspecified atom stereocenters. The summed E-state index contributed by atoms with van der Waals surface area (Å²) in [6.45, 7) is 6.47. The van der Waals surface area contributed by atoms with Gasteiger partial charge in [-0.15, -0.1) is 11.3 Å². The Hall–Kier alpha value is -2.05. The second-order valence-corrected chi connectivity index (χ2v) is 10.3. The largest absolute Gasteiger partial charge is 0.483 e. The Kier molecular flexibility index (Phi) is 5.82. The predicted molar refractivity (Wildman–Crippen MR) is 118 cm³/mol. The van der Waals surface area contributed by atoms with Crippen molar-refractivity contribution >= 4 is 17.2 Å². The molecule has 1 saturated carbocycles. The summed E-state index contributed by atoms with van der Waals surface area (Å²) in [4.78, 5) is 14.8. The minimum absolute atomic E-state index is 0.0281. The van der Waals surface area contributed by atoms with Crippen molar-refractivity contribution in [1.82, 2.24) is 5.32 Å². The molecule has 1 atom stereocenters. The van der Waals surface area contributed by atoms with E-state index in [-0.39, 0.29) is 23.5 Å². The fourth-order valence-corrected chi connectivity index (χ4v) is 5.78. The number of carbonyl (C=O) groups is 1. The van der Waals surface area contributed by atoms with Crippen molar-refractivity contribution in [2.45, 2.75) is 70.0 Å². The first-order valence-electron chi connectivity index (χ1n) is 10.8. The second-order valence-electron chi connectivity index (χ2n) is 9.21. The molecule has 1 fully saturated rings. The van der Waals surface area contributed by atoms with E-state index in [1.165, 1.54) is 4.88 Å². The van der Waals surface area contributed by atoms with Gasteiger partial charge in [-0.3, -0.25) is 4.79 Å². The molecule has 4 rings (SSSR count). The summed E-state index contributed by atoms with van der Waals surface area (Å²) in [5.74, 6) is 1.26. The minimum atomic E-state index is -0.454. The molecule has 0 saturated heterocycles. The first-order valence-corrected chi connectivity index (χ1v) is 11.6. The van der Waals surface area contributed by atoms with Crippen molar-refractivity contribution in [3.05, 3.63) is 45.6 Å². The normalized spacial score (nSPS) is 19.7. The quantitative estimate of drug-likeness (QED) is 0.679. The van der Waals surface area contributed by atoms with E-state index in [1.807, 2.05) is 24.3 Å².